The Balaban J connectivity index is 0.000000845. The van der Waals surface area contributed by atoms with Gasteiger partial charge in [0.05, 0.1) is 0 Å². The van der Waals surface area contributed by atoms with Crippen molar-refractivity contribution in [1.82, 2.24) is 0 Å². The van der Waals surface area contributed by atoms with Crippen LogP contribution in [0.3, 0.4) is 0 Å². The summed E-state index contributed by atoms with van der Waals surface area (Å²) in [7, 11) is 2.02. The zero-order valence-electron chi connectivity index (χ0n) is 7.49. The zero-order valence-corrected chi connectivity index (χ0v) is 8.30. The Labute approximate surface area is 84.0 Å². The van der Waals surface area contributed by atoms with Crippen molar-refractivity contribution < 1.29 is 4.79 Å². The second-order valence-corrected chi connectivity index (χ2v) is 3.11. The van der Waals surface area contributed by atoms with Gasteiger partial charge < -0.3 is 4.90 Å². The summed E-state index contributed by atoms with van der Waals surface area (Å²) in [6.45, 7) is 0.843. The molecule has 0 aliphatic carbocycles. The van der Waals surface area contributed by atoms with E-state index in [9.17, 15) is 4.79 Å². The van der Waals surface area contributed by atoms with E-state index in [1.54, 1.807) is 0 Å². The maximum absolute atomic E-state index is 11.4. The smallest absolute Gasteiger partial charge is 0.166 e. The van der Waals surface area contributed by atoms with Gasteiger partial charge >= 0.3 is 0 Å². The van der Waals surface area contributed by atoms with Crippen molar-refractivity contribution in [3.63, 3.8) is 0 Å². The average molecular weight is 198 g/mol. The predicted molar refractivity (Wildman–Crippen MR) is 55.9 cm³/mol. The van der Waals surface area contributed by atoms with Crippen molar-refractivity contribution >= 4 is 23.9 Å². The number of Topliss-reactive ketones (excluding diaryl/α,β-unsaturated/α-hetero) is 1. The van der Waals surface area contributed by atoms with Gasteiger partial charge in [-0.25, -0.2) is 0 Å². The van der Waals surface area contributed by atoms with Crippen LogP contribution >= 0.6 is 12.4 Å². The Bertz CT molecular complexity index is 324. The lowest BCUT2D eigenvalue weighted by atomic mass is 10.0. The number of halogens is 1. The van der Waals surface area contributed by atoms with E-state index in [2.05, 4.69) is 4.90 Å². The fraction of sp³-hybridized carbons (Fsp3) is 0.300. The van der Waals surface area contributed by atoms with Gasteiger partial charge in [-0.3, -0.25) is 4.79 Å². The van der Waals surface area contributed by atoms with Gasteiger partial charge in [0.2, 0.25) is 0 Å². The third-order valence-electron chi connectivity index (χ3n) is 2.29. The fourth-order valence-corrected chi connectivity index (χ4v) is 1.57. The number of ketones is 1. The third kappa shape index (κ3) is 1.68. The van der Waals surface area contributed by atoms with Crippen molar-refractivity contribution in [3.8, 4) is 0 Å². The normalized spacial score (nSPS) is 14.8. The summed E-state index contributed by atoms with van der Waals surface area (Å²) in [5, 5.41) is 0. The number of carbonyl (C=O) groups excluding carboxylic acids is 1. The lowest BCUT2D eigenvalue weighted by molar-refractivity contribution is 0.0980. The van der Waals surface area contributed by atoms with Crippen molar-refractivity contribution in [3.05, 3.63) is 29.8 Å². The minimum absolute atomic E-state index is 0. The molecule has 1 heterocycles. The van der Waals surface area contributed by atoms with Crippen LogP contribution in [0.15, 0.2) is 24.3 Å². The number of rotatable bonds is 0. The Kier molecular flexibility index (Phi) is 2.94. The summed E-state index contributed by atoms with van der Waals surface area (Å²) in [6.07, 6.45) is 0.646. The maximum Gasteiger partial charge on any atom is 0.166 e. The van der Waals surface area contributed by atoms with Gasteiger partial charge in [-0.15, -0.1) is 12.4 Å². The van der Waals surface area contributed by atoms with Crippen LogP contribution in [-0.2, 0) is 0 Å². The summed E-state index contributed by atoms with van der Waals surface area (Å²) in [5.74, 6) is 0.267. The molecule has 13 heavy (non-hydrogen) atoms. The quantitative estimate of drug-likeness (QED) is 0.635. The Hall–Kier alpha value is -1.02. The zero-order chi connectivity index (χ0) is 8.55. The number of para-hydroxylation sites is 1. The summed E-state index contributed by atoms with van der Waals surface area (Å²) in [6, 6.07) is 7.77. The van der Waals surface area contributed by atoms with Crippen molar-refractivity contribution in [2.45, 2.75) is 6.42 Å². The molecule has 0 radical (unpaired) electrons. The molecule has 0 amide bonds. The molecule has 2 nitrogen and oxygen atoms in total. The molecule has 2 rings (SSSR count). The molecule has 0 atom stereocenters. The molecule has 0 spiro atoms. The van der Waals surface area contributed by atoms with E-state index in [1.807, 2.05) is 31.3 Å². The summed E-state index contributed by atoms with van der Waals surface area (Å²) < 4.78 is 0. The SMILES string of the molecule is CN1CCC(=O)c2ccccc21.Cl. The van der Waals surface area contributed by atoms with Crippen molar-refractivity contribution in [2.24, 2.45) is 0 Å². The van der Waals surface area contributed by atoms with E-state index in [-0.39, 0.29) is 18.2 Å². The van der Waals surface area contributed by atoms with Crippen LogP contribution in [0.4, 0.5) is 5.69 Å². The first kappa shape index (κ1) is 10.1. The highest BCUT2D eigenvalue weighted by molar-refractivity contribution is 6.03. The maximum atomic E-state index is 11.4. The van der Waals surface area contributed by atoms with Gasteiger partial charge in [0.1, 0.15) is 0 Å². The molecular weight excluding hydrogens is 186 g/mol. The van der Waals surface area contributed by atoms with Crippen LogP contribution in [0, 0.1) is 0 Å². The molecule has 0 unspecified atom stereocenters. The van der Waals surface area contributed by atoms with Crippen LogP contribution < -0.4 is 4.90 Å². The van der Waals surface area contributed by atoms with Gasteiger partial charge in [0.25, 0.3) is 0 Å². The second kappa shape index (κ2) is 3.79. The molecule has 3 heteroatoms. The predicted octanol–water partition coefficient (Wildman–Crippen LogP) is 2.13. The van der Waals surface area contributed by atoms with Gasteiger partial charge in [0.15, 0.2) is 5.78 Å². The van der Waals surface area contributed by atoms with Gasteiger partial charge in [0, 0.05) is 31.3 Å². The van der Waals surface area contributed by atoms with E-state index in [4.69, 9.17) is 0 Å². The van der Waals surface area contributed by atoms with E-state index in [0.29, 0.717) is 6.42 Å². The van der Waals surface area contributed by atoms with E-state index >= 15 is 0 Å². The van der Waals surface area contributed by atoms with Gasteiger partial charge in [-0.2, -0.15) is 0 Å². The van der Waals surface area contributed by atoms with E-state index in [0.717, 1.165) is 17.8 Å². The summed E-state index contributed by atoms with van der Waals surface area (Å²) >= 11 is 0. The molecule has 0 saturated carbocycles. The molecule has 1 aromatic rings. The van der Waals surface area contributed by atoms with E-state index < -0.39 is 0 Å². The van der Waals surface area contributed by atoms with Gasteiger partial charge in [-0.05, 0) is 12.1 Å². The first-order chi connectivity index (χ1) is 5.79. The summed E-state index contributed by atoms with van der Waals surface area (Å²) in [5.41, 5.74) is 1.93. The highest BCUT2D eigenvalue weighted by Gasteiger charge is 2.18. The van der Waals surface area contributed by atoms with Crippen molar-refractivity contribution in [2.75, 3.05) is 18.5 Å². The largest absolute Gasteiger partial charge is 0.374 e. The molecule has 0 fully saturated rings. The number of anilines is 1. The highest BCUT2D eigenvalue weighted by atomic mass is 35.5. The first-order valence-electron chi connectivity index (χ1n) is 4.12. The highest BCUT2D eigenvalue weighted by Crippen LogP contribution is 2.24. The number of nitrogens with zero attached hydrogens (tertiary/aromatic N) is 1. The number of hydrogen-bond acceptors (Lipinski definition) is 2. The first-order valence-corrected chi connectivity index (χ1v) is 4.12. The lowest BCUT2D eigenvalue weighted by Crippen LogP contribution is -2.27. The second-order valence-electron chi connectivity index (χ2n) is 3.11. The minimum atomic E-state index is 0. The van der Waals surface area contributed by atoms with Crippen LogP contribution in [0.25, 0.3) is 0 Å². The molecule has 0 saturated heterocycles. The Morgan fingerprint density at radius 1 is 1.31 bits per heavy atom. The lowest BCUT2D eigenvalue weighted by Gasteiger charge is -2.26. The van der Waals surface area contributed by atoms with Crippen LogP contribution in [0.2, 0.25) is 0 Å². The van der Waals surface area contributed by atoms with E-state index in [1.165, 1.54) is 0 Å². The number of hydrogen-bond donors (Lipinski definition) is 0. The number of fused-ring (bicyclic) bond motifs is 1. The number of carbonyl (C=O) groups is 1. The van der Waals surface area contributed by atoms with Crippen molar-refractivity contribution in [1.29, 1.82) is 0 Å². The molecule has 1 aliphatic heterocycles. The third-order valence-corrected chi connectivity index (χ3v) is 2.29. The molecule has 0 N–H and O–H groups in total. The standard InChI is InChI=1S/C10H11NO.ClH/c1-11-7-6-10(12)8-4-2-3-5-9(8)11;/h2-5H,6-7H2,1H3;1H. The van der Waals surface area contributed by atoms with Gasteiger partial charge in [-0.1, -0.05) is 12.1 Å². The molecule has 0 bridgehead atoms. The topological polar surface area (TPSA) is 20.3 Å². The average Bonchev–Trinajstić information content (AvgIpc) is 2.12. The molecule has 1 aliphatic rings. The van der Waals surface area contributed by atoms with Crippen LogP contribution in [0.1, 0.15) is 16.8 Å². The number of benzene rings is 1. The summed E-state index contributed by atoms with van der Waals surface area (Å²) in [4.78, 5) is 13.5. The molecule has 70 valence electrons. The Morgan fingerprint density at radius 2 is 2.00 bits per heavy atom. The van der Waals surface area contributed by atoms with Crippen LogP contribution in [-0.4, -0.2) is 19.4 Å². The molecule has 0 aromatic heterocycles. The monoisotopic (exact) mass is 197 g/mol. The Morgan fingerprint density at radius 3 is 2.69 bits per heavy atom. The fourth-order valence-electron chi connectivity index (χ4n) is 1.57. The van der Waals surface area contributed by atoms with Crippen LogP contribution in [0.5, 0.6) is 0 Å². The molecular formula is C10H12ClNO. The molecule has 1 aromatic carbocycles. The minimum Gasteiger partial charge on any atom is -0.374 e.